The molecule has 0 fully saturated rings. The number of para-hydroxylation sites is 2. The second-order valence-corrected chi connectivity index (χ2v) is 4.85. The Morgan fingerprint density at radius 2 is 1.95 bits per heavy atom. The minimum Gasteiger partial charge on any atom is -0.489 e. The van der Waals surface area contributed by atoms with Gasteiger partial charge in [0.2, 0.25) is 0 Å². The lowest BCUT2D eigenvalue weighted by atomic mass is 10.1. The lowest BCUT2D eigenvalue weighted by molar-refractivity contribution is 0.102. The van der Waals surface area contributed by atoms with Crippen molar-refractivity contribution in [3.63, 3.8) is 0 Å². The van der Waals surface area contributed by atoms with E-state index in [0.29, 0.717) is 11.4 Å². The zero-order chi connectivity index (χ0) is 15.4. The molecule has 0 aliphatic carbocycles. The van der Waals surface area contributed by atoms with Crippen LogP contribution in [0.15, 0.2) is 42.5 Å². The predicted octanol–water partition coefficient (Wildman–Crippen LogP) is 3.45. The zero-order valence-corrected chi connectivity index (χ0v) is 11.9. The number of rotatable bonds is 4. The molecule has 1 amide bonds. The molecule has 0 unspecified atom stereocenters. The topological polar surface area (TPSA) is 64.3 Å². The first kappa shape index (κ1) is 14.8. The summed E-state index contributed by atoms with van der Waals surface area (Å²) in [5, 5.41) is 2.69. The molecule has 0 saturated carbocycles. The molecule has 110 valence electrons. The summed E-state index contributed by atoms with van der Waals surface area (Å²) in [4.78, 5) is 12.2. The highest BCUT2D eigenvalue weighted by Gasteiger charge is 2.13. The number of carbonyl (C=O) groups is 1. The number of hydrogen-bond acceptors (Lipinski definition) is 3. The molecule has 0 aliphatic heterocycles. The number of nitrogens with one attached hydrogen (secondary N) is 1. The number of benzene rings is 2. The standard InChI is InChI=1S/C16H17FN2O2/c1-10(2)21-15-6-4-3-5-14(15)19-16(20)12-9-11(17)7-8-13(12)18/h3-10H,18H2,1-2H3,(H,19,20). The second-order valence-electron chi connectivity index (χ2n) is 4.85. The molecular weight excluding hydrogens is 271 g/mol. The number of nitrogens with two attached hydrogens (primary N) is 1. The van der Waals surface area contributed by atoms with Gasteiger partial charge in [0, 0.05) is 5.69 Å². The van der Waals surface area contributed by atoms with Gasteiger partial charge in [-0.25, -0.2) is 4.39 Å². The molecule has 0 heterocycles. The first-order valence-electron chi connectivity index (χ1n) is 6.59. The molecule has 2 aromatic carbocycles. The third-order valence-electron chi connectivity index (χ3n) is 2.76. The highest BCUT2D eigenvalue weighted by Crippen LogP contribution is 2.26. The summed E-state index contributed by atoms with van der Waals surface area (Å²) < 4.78 is 18.9. The maximum atomic E-state index is 13.2. The quantitative estimate of drug-likeness (QED) is 0.847. The Bertz CT molecular complexity index is 656. The molecule has 0 aliphatic rings. The number of carbonyl (C=O) groups excluding carboxylic acids is 1. The van der Waals surface area contributed by atoms with Gasteiger partial charge in [0.1, 0.15) is 11.6 Å². The van der Waals surface area contributed by atoms with E-state index < -0.39 is 11.7 Å². The van der Waals surface area contributed by atoms with Gasteiger partial charge in [-0.3, -0.25) is 4.79 Å². The highest BCUT2D eigenvalue weighted by atomic mass is 19.1. The van der Waals surface area contributed by atoms with Crippen LogP contribution in [0.2, 0.25) is 0 Å². The van der Waals surface area contributed by atoms with Gasteiger partial charge in [-0.15, -0.1) is 0 Å². The Balaban J connectivity index is 2.25. The molecule has 0 saturated heterocycles. The molecule has 2 aromatic rings. The van der Waals surface area contributed by atoms with Crippen molar-refractivity contribution in [2.24, 2.45) is 0 Å². The number of halogens is 1. The third kappa shape index (κ3) is 3.72. The van der Waals surface area contributed by atoms with Crippen LogP contribution < -0.4 is 15.8 Å². The normalized spacial score (nSPS) is 10.5. The Morgan fingerprint density at radius 3 is 2.67 bits per heavy atom. The summed E-state index contributed by atoms with van der Waals surface area (Å²) in [5.74, 6) is -0.441. The first-order valence-corrected chi connectivity index (χ1v) is 6.59. The molecular formula is C16H17FN2O2. The van der Waals surface area contributed by atoms with E-state index >= 15 is 0 Å². The van der Waals surface area contributed by atoms with Gasteiger partial charge in [0.05, 0.1) is 17.4 Å². The molecule has 0 radical (unpaired) electrons. The smallest absolute Gasteiger partial charge is 0.257 e. The third-order valence-corrected chi connectivity index (χ3v) is 2.76. The van der Waals surface area contributed by atoms with E-state index in [1.165, 1.54) is 12.1 Å². The molecule has 0 bridgehead atoms. The summed E-state index contributed by atoms with van der Waals surface area (Å²) in [6.45, 7) is 3.78. The second kappa shape index (κ2) is 6.26. The Morgan fingerprint density at radius 1 is 1.24 bits per heavy atom. The highest BCUT2D eigenvalue weighted by molar-refractivity contribution is 6.08. The van der Waals surface area contributed by atoms with Gasteiger partial charge < -0.3 is 15.8 Å². The van der Waals surface area contributed by atoms with E-state index in [-0.39, 0.29) is 17.4 Å². The van der Waals surface area contributed by atoms with Gasteiger partial charge in [0.15, 0.2) is 0 Å². The van der Waals surface area contributed by atoms with Gasteiger partial charge in [-0.1, -0.05) is 12.1 Å². The minimum atomic E-state index is -0.513. The maximum Gasteiger partial charge on any atom is 0.257 e. The van der Waals surface area contributed by atoms with E-state index in [9.17, 15) is 9.18 Å². The van der Waals surface area contributed by atoms with Crippen LogP contribution >= 0.6 is 0 Å². The summed E-state index contributed by atoms with van der Waals surface area (Å²) in [5.41, 5.74) is 6.53. The first-order chi connectivity index (χ1) is 9.97. The average molecular weight is 288 g/mol. The fourth-order valence-electron chi connectivity index (χ4n) is 1.84. The Kier molecular flexibility index (Phi) is 4.42. The van der Waals surface area contributed by atoms with Crippen molar-refractivity contribution in [1.29, 1.82) is 0 Å². The molecule has 4 nitrogen and oxygen atoms in total. The van der Waals surface area contributed by atoms with Gasteiger partial charge in [0.25, 0.3) is 5.91 Å². The van der Waals surface area contributed by atoms with Crippen LogP contribution in [0.3, 0.4) is 0 Å². The summed E-state index contributed by atoms with van der Waals surface area (Å²) in [6.07, 6.45) is -0.0257. The molecule has 2 rings (SSSR count). The minimum absolute atomic E-state index is 0.0257. The monoisotopic (exact) mass is 288 g/mol. The lowest BCUT2D eigenvalue weighted by Crippen LogP contribution is -2.16. The predicted molar refractivity (Wildman–Crippen MR) is 81.0 cm³/mol. The molecule has 5 heteroatoms. The molecule has 3 N–H and O–H groups in total. The van der Waals surface area contributed by atoms with Crippen LogP contribution in [-0.4, -0.2) is 12.0 Å². The molecule has 0 aromatic heterocycles. The molecule has 0 atom stereocenters. The Labute approximate surface area is 122 Å². The van der Waals surface area contributed by atoms with Crippen LogP contribution in [0.5, 0.6) is 5.75 Å². The molecule has 21 heavy (non-hydrogen) atoms. The van der Waals surface area contributed by atoms with E-state index in [2.05, 4.69) is 5.32 Å². The van der Waals surface area contributed by atoms with Crippen molar-refractivity contribution in [2.75, 3.05) is 11.1 Å². The van der Waals surface area contributed by atoms with Gasteiger partial charge in [-0.05, 0) is 44.2 Å². The van der Waals surface area contributed by atoms with Gasteiger partial charge >= 0.3 is 0 Å². The van der Waals surface area contributed by atoms with Crippen molar-refractivity contribution in [1.82, 2.24) is 0 Å². The van der Waals surface area contributed by atoms with Crippen LogP contribution in [0.4, 0.5) is 15.8 Å². The number of amides is 1. The number of anilines is 2. The van der Waals surface area contributed by atoms with Crippen molar-refractivity contribution >= 4 is 17.3 Å². The maximum absolute atomic E-state index is 13.2. The fourth-order valence-corrected chi connectivity index (χ4v) is 1.84. The van der Waals surface area contributed by atoms with Crippen LogP contribution in [0.1, 0.15) is 24.2 Å². The summed E-state index contributed by atoms with van der Waals surface area (Å²) >= 11 is 0. The summed E-state index contributed by atoms with van der Waals surface area (Å²) in [6, 6.07) is 10.7. The molecule has 0 spiro atoms. The SMILES string of the molecule is CC(C)Oc1ccccc1NC(=O)c1cc(F)ccc1N. The lowest BCUT2D eigenvalue weighted by Gasteiger charge is -2.15. The van der Waals surface area contributed by atoms with E-state index in [4.69, 9.17) is 10.5 Å². The number of nitrogen functional groups attached to an aromatic ring is 1. The van der Waals surface area contributed by atoms with Crippen molar-refractivity contribution < 1.29 is 13.9 Å². The van der Waals surface area contributed by atoms with Crippen molar-refractivity contribution in [3.8, 4) is 5.75 Å². The van der Waals surface area contributed by atoms with Gasteiger partial charge in [-0.2, -0.15) is 0 Å². The number of ether oxygens (including phenoxy) is 1. The zero-order valence-electron chi connectivity index (χ0n) is 11.9. The van der Waals surface area contributed by atoms with Crippen molar-refractivity contribution in [3.05, 3.63) is 53.8 Å². The van der Waals surface area contributed by atoms with E-state index in [1.54, 1.807) is 18.2 Å². The number of hydrogen-bond donors (Lipinski definition) is 2. The van der Waals surface area contributed by atoms with Crippen molar-refractivity contribution in [2.45, 2.75) is 20.0 Å². The largest absolute Gasteiger partial charge is 0.489 e. The van der Waals surface area contributed by atoms with Crippen LogP contribution in [0, 0.1) is 5.82 Å². The van der Waals surface area contributed by atoms with Crippen LogP contribution in [0.25, 0.3) is 0 Å². The summed E-state index contributed by atoms with van der Waals surface area (Å²) in [7, 11) is 0. The van der Waals surface area contributed by atoms with Crippen LogP contribution in [-0.2, 0) is 0 Å². The fraction of sp³-hybridized carbons (Fsp3) is 0.188. The van der Waals surface area contributed by atoms with E-state index in [0.717, 1.165) is 6.07 Å². The average Bonchev–Trinajstić information content (AvgIpc) is 2.43. The van der Waals surface area contributed by atoms with E-state index in [1.807, 2.05) is 19.9 Å². The Hall–Kier alpha value is -2.56.